The first-order chi connectivity index (χ1) is 13.6. The van der Waals surface area contributed by atoms with Crippen LogP contribution in [0.1, 0.15) is 55.5 Å². The van der Waals surface area contributed by atoms with Crippen molar-refractivity contribution in [1.82, 2.24) is 5.32 Å². The van der Waals surface area contributed by atoms with Crippen molar-refractivity contribution in [3.05, 3.63) is 59.7 Å². The Morgan fingerprint density at radius 3 is 1.79 bits per heavy atom. The van der Waals surface area contributed by atoms with Gasteiger partial charge in [0.15, 0.2) is 0 Å². The molecule has 158 valence electrons. The summed E-state index contributed by atoms with van der Waals surface area (Å²) in [6, 6.07) is 15.2. The third-order valence-electron chi connectivity index (χ3n) is 5.16. The van der Waals surface area contributed by atoms with Gasteiger partial charge in [-0.15, -0.1) is 0 Å². The van der Waals surface area contributed by atoms with E-state index in [4.69, 9.17) is 0 Å². The summed E-state index contributed by atoms with van der Waals surface area (Å²) in [6.07, 6.45) is 3.21. The smallest absolute Gasteiger partial charge is 0.251 e. The number of carbonyl (C=O) groups is 1. The van der Waals surface area contributed by atoms with Crippen molar-refractivity contribution in [3.63, 3.8) is 0 Å². The van der Waals surface area contributed by atoms with Gasteiger partial charge >= 0.3 is 0 Å². The predicted octanol–water partition coefficient (Wildman–Crippen LogP) is 4.14. The van der Waals surface area contributed by atoms with Crippen molar-refractivity contribution in [2.24, 2.45) is 5.14 Å². The number of halogens is 1. The molecule has 1 fully saturated rings. The normalized spacial score (nSPS) is 15.5. The van der Waals surface area contributed by atoms with Crippen molar-refractivity contribution in [1.29, 1.82) is 0 Å². The lowest BCUT2D eigenvalue weighted by molar-refractivity contribution is 0.0963. The molecule has 2 aromatic carbocycles. The van der Waals surface area contributed by atoms with Gasteiger partial charge in [0.2, 0.25) is 10.0 Å². The summed E-state index contributed by atoms with van der Waals surface area (Å²) in [4.78, 5) is 11.5. The van der Waals surface area contributed by atoms with Crippen LogP contribution in [0.3, 0.4) is 0 Å². The molecular formula is C22H29FN2O3S. The molecule has 0 heterocycles. The second-order valence-electron chi connectivity index (χ2n) is 7.54. The molecule has 3 rings (SSSR count). The molecule has 0 spiro atoms. The van der Waals surface area contributed by atoms with Gasteiger partial charge in [-0.25, -0.2) is 17.9 Å². The van der Waals surface area contributed by atoms with Gasteiger partial charge in [0.05, 0.1) is 5.25 Å². The predicted molar refractivity (Wildman–Crippen MR) is 115 cm³/mol. The first-order valence-electron chi connectivity index (χ1n) is 9.70. The Hall–Kier alpha value is -2.25. The zero-order chi connectivity index (χ0) is 21.7. The van der Waals surface area contributed by atoms with E-state index in [-0.39, 0.29) is 5.91 Å². The Labute approximate surface area is 172 Å². The van der Waals surface area contributed by atoms with Crippen molar-refractivity contribution >= 4 is 15.9 Å². The first-order valence-corrected chi connectivity index (χ1v) is 11.3. The SMILES string of the molecule is CC(C)S(N)(=O)=O.CNC(=O)c1ccc(-c2ccc(C3(F)CCCC3)cc2)cc1. The Kier molecular flexibility index (Phi) is 7.54. The number of sulfonamides is 1. The summed E-state index contributed by atoms with van der Waals surface area (Å²) in [6.45, 7) is 3.07. The summed E-state index contributed by atoms with van der Waals surface area (Å²) < 4.78 is 34.9. The molecule has 1 aliphatic carbocycles. The largest absolute Gasteiger partial charge is 0.355 e. The molecule has 2 aromatic rings. The summed E-state index contributed by atoms with van der Waals surface area (Å²) in [5, 5.41) is 6.80. The standard InChI is InChI=1S/C19H20FNO.C3H9NO2S/c1-21-18(22)16-6-4-14(5-7-16)15-8-10-17(11-9-15)19(20)12-2-3-13-19;1-3(2)7(4,5)6/h4-11H,2-3,12-13H2,1H3,(H,21,22);3H,1-2H3,(H2,4,5,6). The summed E-state index contributed by atoms with van der Waals surface area (Å²) in [5.74, 6) is -0.0949. The monoisotopic (exact) mass is 420 g/mol. The second kappa shape index (κ2) is 9.50. The van der Waals surface area contributed by atoms with Gasteiger partial charge in [0.25, 0.3) is 5.91 Å². The van der Waals surface area contributed by atoms with Crippen LogP contribution in [0, 0.1) is 0 Å². The van der Waals surface area contributed by atoms with E-state index in [0.717, 1.165) is 29.5 Å². The topological polar surface area (TPSA) is 89.3 Å². The maximum atomic E-state index is 14.7. The lowest BCUT2D eigenvalue weighted by atomic mass is 9.92. The van der Waals surface area contributed by atoms with Gasteiger partial charge in [0, 0.05) is 12.6 Å². The molecular weight excluding hydrogens is 391 g/mol. The maximum Gasteiger partial charge on any atom is 0.251 e. The van der Waals surface area contributed by atoms with Crippen molar-refractivity contribution in [2.75, 3.05) is 7.05 Å². The van der Waals surface area contributed by atoms with Crippen LogP contribution in [0.2, 0.25) is 0 Å². The average Bonchev–Trinajstić information content (AvgIpc) is 3.15. The van der Waals surface area contributed by atoms with Crippen LogP contribution in [0.4, 0.5) is 4.39 Å². The Bertz CT molecular complexity index is 918. The van der Waals surface area contributed by atoms with Crippen LogP contribution in [0.25, 0.3) is 11.1 Å². The van der Waals surface area contributed by atoms with E-state index in [1.54, 1.807) is 19.2 Å². The first kappa shape index (κ1) is 23.0. The van der Waals surface area contributed by atoms with Gasteiger partial charge < -0.3 is 5.32 Å². The zero-order valence-electron chi connectivity index (χ0n) is 17.1. The van der Waals surface area contributed by atoms with E-state index in [1.165, 1.54) is 13.8 Å². The van der Waals surface area contributed by atoms with Gasteiger partial charge in [-0.1, -0.05) is 36.4 Å². The van der Waals surface area contributed by atoms with Crippen LogP contribution >= 0.6 is 0 Å². The van der Waals surface area contributed by atoms with E-state index < -0.39 is 20.9 Å². The molecule has 7 heteroatoms. The molecule has 0 saturated heterocycles. The molecule has 1 amide bonds. The summed E-state index contributed by atoms with van der Waals surface area (Å²) in [5.41, 5.74) is 2.35. The van der Waals surface area contributed by atoms with Crippen LogP contribution in [-0.4, -0.2) is 26.6 Å². The third kappa shape index (κ3) is 6.11. The van der Waals surface area contributed by atoms with E-state index >= 15 is 0 Å². The van der Waals surface area contributed by atoms with Gasteiger partial charge in [0.1, 0.15) is 5.67 Å². The highest BCUT2D eigenvalue weighted by Gasteiger charge is 2.35. The van der Waals surface area contributed by atoms with E-state index in [2.05, 4.69) is 10.5 Å². The fourth-order valence-corrected chi connectivity index (χ4v) is 3.14. The number of carbonyl (C=O) groups excluding carboxylic acids is 1. The molecule has 0 atom stereocenters. The van der Waals surface area contributed by atoms with Crippen molar-refractivity contribution < 1.29 is 17.6 Å². The van der Waals surface area contributed by atoms with E-state index in [1.807, 2.05) is 36.4 Å². The molecule has 5 nitrogen and oxygen atoms in total. The highest BCUT2D eigenvalue weighted by molar-refractivity contribution is 7.89. The molecule has 1 saturated carbocycles. The minimum Gasteiger partial charge on any atom is -0.355 e. The number of hydrogen-bond donors (Lipinski definition) is 2. The van der Waals surface area contributed by atoms with Crippen LogP contribution in [0.5, 0.6) is 0 Å². The lowest BCUT2D eigenvalue weighted by Gasteiger charge is -2.19. The van der Waals surface area contributed by atoms with Crippen LogP contribution in [-0.2, 0) is 15.7 Å². The molecule has 0 aromatic heterocycles. The number of rotatable bonds is 4. The fraction of sp³-hybridized carbons (Fsp3) is 0.409. The molecule has 3 N–H and O–H groups in total. The van der Waals surface area contributed by atoms with Gasteiger partial charge in [-0.3, -0.25) is 4.79 Å². The minimum absolute atomic E-state index is 0.0949. The van der Waals surface area contributed by atoms with Crippen molar-refractivity contribution in [2.45, 2.75) is 50.4 Å². The summed E-state index contributed by atoms with van der Waals surface area (Å²) >= 11 is 0. The van der Waals surface area contributed by atoms with E-state index in [0.29, 0.717) is 18.4 Å². The fourth-order valence-electron chi connectivity index (χ4n) is 3.14. The highest BCUT2D eigenvalue weighted by atomic mass is 32.2. The van der Waals surface area contributed by atoms with Crippen LogP contribution in [0.15, 0.2) is 48.5 Å². The number of primary sulfonamides is 1. The molecule has 0 unspecified atom stereocenters. The number of amides is 1. The highest BCUT2D eigenvalue weighted by Crippen LogP contribution is 2.42. The molecule has 29 heavy (non-hydrogen) atoms. The molecule has 0 bridgehead atoms. The minimum atomic E-state index is -3.24. The number of alkyl halides is 1. The zero-order valence-corrected chi connectivity index (χ0v) is 17.9. The average molecular weight is 421 g/mol. The van der Waals surface area contributed by atoms with Crippen molar-refractivity contribution in [3.8, 4) is 11.1 Å². The molecule has 0 radical (unpaired) electrons. The number of hydrogen-bond acceptors (Lipinski definition) is 3. The Morgan fingerprint density at radius 2 is 1.41 bits per heavy atom. The van der Waals surface area contributed by atoms with Crippen LogP contribution < -0.4 is 10.5 Å². The number of nitrogens with two attached hydrogens (primary N) is 1. The quantitative estimate of drug-likeness (QED) is 0.779. The van der Waals surface area contributed by atoms with E-state index in [9.17, 15) is 17.6 Å². The molecule has 1 aliphatic rings. The Balaban J connectivity index is 0.000000370. The second-order valence-corrected chi connectivity index (χ2v) is 9.66. The number of benzene rings is 2. The third-order valence-corrected chi connectivity index (χ3v) is 6.48. The maximum absolute atomic E-state index is 14.7. The van der Waals surface area contributed by atoms with Gasteiger partial charge in [-0.2, -0.15) is 0 Å². The lowest BCUT2D eigenvalue weighted by Crippen LogP contribution is -2.22. The van der Waals surface area contributed by atoms with Gasteiger partial charge in [-0.05, 0) is 68.4 Å². The Morgan fingerprint density at radius 1 is 1.00 bits per heavy atom. The molecule has 0 aliphatic heterocycles. The summed E-state index contributed by atoms with van der Waals surface area (Å²) in [7, 11) is -1.62. The number of nitrogens with one attached hydrogen (secondary N) is 1.